The van der Waals surface area contributed by atoms with Crippen LogP contribution in [0.4, 0.5) is 0 Å². The minimum Gasteiger partial charge on any atom is -0.507 e. The SMILES string of the molecule is Oc1ccc2ccccc2c1-c1ccc(-c2cccc3c(O)cccc23)c2c(O)cccc12. The summed E-state index contributed by atoms with van der Waals surface area (Å²) in [6, 6.07) is 32.3. The maximum atomic E-state index is 11.0. The van der Waals surface area contributed by atoms with Gasteiger partial charge in [-0.25, -0.2) is 0 Å². The third-order valence-corrected chi connectivity index (χ3v) is 6.38. The van der Waals surface area contributed by atoms with Crippen molar-refractivity contribution in [2.75, 3.05) is 0 Å². The second kappa shape index (κ2) is 7.28. The predicted octanol–water partition coefficient (Wildman–Crippen LogP) is 7.60. The highest BCUT2D eigenvalue weighted by atomic mass is 16.3. The van der Waals surface area contributed by atoms with Gasteiger partial charge in [0.05, 0.1) is 0 Å². The van der Waals surface area contributed by atoms with Crippen LogP contribution in [0.25, 0.3) is 54.6 Å². The minimum absolute atomic E-state index is 0.168. The van der Waals surface area contributed by atoms with Crippen LogP contribution in [-0.4, -0.2) is 15.3 Å². The molecule has 0 aliphatic heterocycles. The highest BCUT2D eigenvalue weighted by molar-refractivity contribution is 6.15. The van der Waals surface area contributed by atoms with Crippen LogP contribution in [0.2, 0.25) is 0 Å². The normalized spacial score (nSPS) is 11.4. The van der Waals surface area contributed by atoms with Crippen molar-refractivity contribution in [1.29, 1.82) is 0 Å². The van der Waals surface area contributed by atoms with Crippen LogP contribution in [0, 0.1) is 0 Å². The molecule has 0 bridgehead atoms. The van der Waals surface area contributed by atoms with Crippen molar-refractivity contribution in [1.82, 2.24) is 0 Å². The average molecular weight is 428 g/mol. The Bertz CT molecular complexity index is 1700. The molecule has 3 N–H and O–H groups in total. The summed E-state index contributed by atoms with van der Waals surface area (Å²) in [6.45, 7) is 0. The van der Waals surface area contributed by atoms with Crippen LogP contribution in [0.15, 0.2) is 103 Å². The van der Waals surface area contributed by atoms with E-state index in [0.29, 0.717) is 5.39 Å². The lowest BCUT2D eigenvalue weighted by atomic mass is 9.88. The molecule has 0 unspecified atom stereocenters. The molecule has 158 valence electrons. The lowest BCUT2D eigenvalue weighted by Crippen LogP contribution is -1.90. The second-order valence-electron chi connectivity index (χ2n) is 8.22. The first-order valence-corrected chi connectivity index (χ1v) is 10.8. The number of phenolic OH excluding ortho intramolecular Hbond substituents is 3. The summed E-state index contributed by atoms with van der Waals surface area (Å²) in [5, 5.41) is 37.4. The number of aromatic hydroxyl groups is 3. The van der Waals surface area contributed by atoms with E-state index in [2.05, 4.69) is 0 Å². The molecule has 0 spiro atoms. The molecule has 33 heavy (non-hydrogen) atoms. The lowest BCUT2D eigenvalue weighted by molar-refractivity contribution is 0.478. The van der Waals surface area contributed by atoms with E-state index in [1.54, 1.807) is 18.2 Å². The molecule has 6 rings (SSSR count). The highest BCUT2D eigenvalue weighted by Crippen LogP contribution is 2.46. The van der Waals surface area contributed by atoms with Gasteiger partial charge in [0.1, 0.15) is 17.2 Å². The molecule has 0 aliphatic carbocycles. The Morgan fingerprint density at radius 1 is 0.364 bits per heavy atom. The summed E-state index contributed by atoms with van der Waals surface area (Å²) in [5.41, 5.74) is 3.37. The molecule has 0 radical (unpaired) electrons. The Balaban J connectivity index is 1.73. The van der Waals surface area contributed by atoms with Crippen molar-refractivity contribution in [2.45, 2.75) is 0 Å². The molecular formula is C30H20O3. The first-order chi connectivity index (χ1) is 16.1. The predicted molar refractivity (Wildman–Crippen MR) is 135 cm³/mol. The quantitative estimate of drug-likeness (QED) is 0.266. The Morgan fingerprint density at radius 2 is 1.03 bits per heavy atom. The number of hydrogen-bond acceptors (Lipinski definition) is 3. The number of rotatable bonds is 2. The van der Waals surface area contributed by atoms with E-state index in [4.69, 9.17) is 0 Å². The van der Waals surface area contributed by atoms with Gasteiger partial charge in [-0.1, -0.05) is 84.9 Å². The van der Waals surface area contributed by atoms with Crippen LogP contribution in [0.5, 0.6) is 17.2 Å². The second-order valence-corrected chi connectivity index (χ2v) is 8.22. The number of benzene rings is 6. The standard InChI is InChI=1S/C30H20O3/c31-26-12-4-9-20-21(8-3-10-22(20)26)24-15-16-25(23-11-5-13-27(32)30(23)24)29-19-7-2-1-6-18(19)14-17-28(29)33/h1-17,31-33H. The number of fused-ring (bicyclic) bond motifs is 3. The van der Waals surface area contributed by atoms with Gasteiger partial charge >= 0.3 is 0 Å². The van der Waals surface area contributed by atoms with Crippen molar-refractivity contribution in [3.63, 3.8) is 0 Å². The van der Waals surface area contributed by atoms with E-state index >= 15 is 0 Å². The molecule has 0 amide bonds. The zero-order valence-corrected chi connectivity index (χ0v) is 17.7. The van der Waals surface area contributed by atoms with Gasteiger partial charge in [0, 0.05) is 16.3 Å². The van der Waals surface area contributed by atoms with Crippen molar-refractivity contribution in [3.8, 4) is 39.5 Å². The molecule has 0 saturated heterocycles. The molecule has 0 aliphatic rings. The first kappa shape index (κ1) is 19.2. The molecule has 0 fully saturated rings. The smallest absolute Gasteiger partial charge is 0.124 e. The summed E-state index contributed by atoms with van der Waals surface area (Å²) in [6.07, 6.45) is 0. The van der Waals surface area contributed by atoms with E-state index in [9.17, 15) is 15.3 Å². The molecule has 0 aromatic heterocycles. The molecule has 3 heteroatoms. The van der Waals surface area contributed by atoms with Crippen molar-refractivity contribution < 1.29 is 15.3 Å². The van der Waals surface area contributed by atoms with E-state index in [-0.39, 0.29) is 17.2 Å². The lowest BCUT2D eigenvalue weighted by Gasteiger charge is -2.17. The first-order valence-electron chi connectivity index (χ1n) is 10.8. The van der Waals surface area contributed by atoms with E-state index in [1.165, 1.54) is 0 Å². The van der Waals surface area contributed by atoms with Crippen molar-refractivity contribution in [2.24, 2.45) is 0 Å². The fourth-order valence-electron chi connectivity index (χ4n) is 4.90. The van der Waals surface area contributed by atoms with E-state index in [0.717, 1.165) is 49.2 Å². The van der Waals surface area contributed by atoms with Crippen molar-refractivity contribution in [3.05, 3.63) is 103 Å². The zero-order valence-electron chi connectivity index (χ0n) is 17.7. The highest BCUT2D eigenvalue weighted by Gasteiger charge is 2.18. The fraction of sp³-hybridized carbons (Fsp3) is 0. The average Bonchev–Trinajstić information content (AvgIpc) is 2.84. The zero-order chi connectivity index (χ0) is 22.5. The summed E-state index contributed by atoms with van der Waals surface area (Å²) in [5.74, 6) is 0.586. The Labute approximate surface area is 190 Å². The van der Waals surface area contributed by atoms with Gasteiger partial charge in [-0.15, -0.1) is 0 Å². The Kier molecular flexibility index (Phi) is 4.24. The Hall–Kier alpha value is -4.50. The Morgan fingerprint density at radius 3 is 1.91 bits per heavy atom. The van der Waals surface area contributed by atoms with Gasteiger partial charge < -0.3 is 15.3 Å². The molecule has 0 heterocycles. The molecule has 6 aromatic carbocycles. The fourth-order valence-corrected chi connectivity index (χ4v) is 4.90. The third-order valence-electron chi connectivity index (χ3n) is 6.38. The monoisotopic (exact) mass is 428 g/mol. The summed E-state index contributed by atoms with van der Waals surface area (Å²) >= 11 is 0. The largest absolute Gasteiger partial charge is 0.507 e. The minimum atomic E-state index is 0.168. The van der Waals surface area contributed by atoms with Crippen LogP contribution in [0.3, 0.4) is 0 Å². The molecule has 0 saturated carbocycles. The van der Waals surface area contributed by atoms with Gasteiger partial charge in [0.25, 0.3) is 0 Å². The molecule has 0 atom stereocenters. The van der Waals surface area contributed by atoms with Crippen molar-refractivity contribution >= 4 is 32.3 Å². The third kappa shape index (κ3) is 2.90. The van der Waals surface area contributed by atoms with E-state index in [1.807, 2.05) is 84.9 Å². The number of hydrogen-bond donors (Lipinski definition) is 3. The van der Waals surface area contributed by atoms with Crippen LogP contribution in [0.1, 0.15) is 0 Å². The van der Waals surface area contributed by atoms with Crippen LogP contribution >= 0.6 is 0 Å². The van der Waals surface area contributed by atoms with Gasteiger partial charge in [-0.3, -0.25) is 0 Å². The molecular weight excluding hydrogens is 408 g/mol. The number of phenols is 3. The topological polar surface area (TPSA) is 60.7 Å². The summed E-state index contributed by atoms with van der Waals surface area (Å²) in [7, 11) is 0. The van der Waals surface area contributed by atoms with Gasteiger partial charge in [-0.2, -0.15) is 0 Å². The van der Waals surface area contributed by atoms with Gasteiger partial charge in [0.15, 0.2) is 0 Å². The summed E-state index contributed by atoms with van der Waals surface area (Å²) < 4.78 is 0. The van der Waals surface area contributed by atoms with Crippen LogP contribution in [-0.2, 0) is 0 Å². The van der Waals surface area contributed by atoms with E-state index < -0.39 is 0 Å². The maximum absolute atomic E-state index is 11.0. The molecule has 6 aromatic rings. The van der Waals surface area contributed by atoms with Crippen LogP contribution < -0.4 is 0 Å². The summed E-state index contributed by atoms with van der Waals surface area (Å²) in [4.78, 5) is 0. The van der Waals surface area contributed by atoms with Gasteiger partial charge in [-0.05, 0) is 56.4 Å². The maximum Gasteiger partial charge on any atom is 0.124 e. The molecule has 3 nitrogen and oxygen atoms in total. The van der Waals surface area contributed by atoms with Gasteiger partial charge in [0.2, 0.25) is 0 Å².